The number of thiocarbonyl (C=S) groups is 1. The van der Waals surface area contributed by atoms with Crippen molar-refractivity contribution in [3.8, 4) is 22.7 Å². The minimum atomic E-state index is -0.171. The van der Waals surface area contributed by atoms with Crippen LogP contribution in [0.15, 0.2) is 90.0 Å². The Balaban J connectivity index is 1.54. The fourth-order valence-corrected chi connectivity index (χ4v) is 5.89. The molecule has 0 N–H and O–H groups in total. The zero-order valence-electron chi connectivity index (χ0n) is 21.0. The number of benzene rings is 3. The summed E-state index contributed by atoms with van der Waals surface area (Å²) in [6.45, 7) is 4.64. The number of hydrogen-bond acceptors (Lipinski definition) is 5. The predicted octanol–water partition coefficient (Wildman–Crippen LogP) is 7.94. The van der Waals surface area contributed by atoms with Crippen molar-refractivity contribution in [3.05, 3.63) is 106 Å². The van der Waals surface area contributed by atoms with Crippen LogP contribution in [-0.4, -0.2) is 31.5 Å². The predicted molar refractivity (Wildman–Crippen MR) is 160 cm³/mol. The summed E-state index contributed by atoms with van der Waals surface area (Å²) in [7, 11) is 0. The summed E-state index contributed by atoms with van der Waals surface area (Å²) in [4.78, 5) is 15.8. The van der Waals surface area contributed by atoms with Crippen molar-refractivity contribution in [3.63, 3.8) is 0 Å². The van der Waals surface area contributed by atoms with Crippen LogP contribution in [0.3, 0.4) is 0 Å². The van der Waals surface area contributed by atoms with Crippen LogP contribution in [0.2, 0.25) is 5.02 Å². The minimum Gasteiger partial charge on any atom is -0.492 e. The van der Waals surface area contributed by atoms with Gasteiger partial charge in [0.1, 0.15) is 15.8 Å². The monoisotopic (exact) mass is 559 g/mol. The van der Waals surface area contributed by atoms with Crippen LogP contribution >= 0.6 is 35.6 Å². The number of ether oxygens (including phenoxy) is 1. The van der Waals surface area contributed by atoms with Crippen molar-refractivity contribution < 1.29 is 9.53 Å². The van der Waals surface area contributed by atoms with Crippen molar-refractivity contribution in [2.45, 2.75) is 26.3 Å². The highest BCUT2D eigenvalue weighted by Crippen LogP contribution is 2.39. The van der Waals surface area contributed by atoms with Gasteiger partial charge in [0.05, 0.1) is 28.3 Å². The van der Waals surface area contributed by atoms with Crippen molar-refractivity contribution in [2.24, 2.45) is 0 Å². The molecule has 1 aliphatic rings. The van der Waals surface area contributed by atoms with E-state index in [1.807, 2.05) is 110 Å². The lowest BCUT2D eigenvalue weighted by Crippen LogP contribution is -2.30. The molecule has 0 radical (unpaired) electrons. The standard InChI is InChI=1S/C30H26ClN3O2S2/c1-3-16-36-26-15-14-22(17-25(26)31)28-23(19-33(32-28)24-12-8-5-9-13-24)18-27-29(35)34(30(37)38-27)20(2)21-10-6-4-7-11-21/h4-15,17-20H,3,16H2,1-2H3/b27-18-/t20-/m1/s1. The number of amides is 1. The van der Waals surface area contributed by atoms with Crippen molar-refractivity contribution in [1.29, 1.82) is 0 Å². The van der Waals surface area contributed by atoms with Gasteiger partial charge in [-0.25, -0.2) is 4.68 Å². The first kappa shape index (κ1) is 26.2. The van der Waals surface area contributed by atoms with Crippen molar-refractivity contribution >= 4 is 51.9 Å². The molecular formula is C30H26ClN3O2S2. The van der Waals surface area contributed by atoms with Crippen LogP contribution in [0.25, 0.3) is 23.0 Å². The smallest absolute Gasteiger partial charge is 0.266 e. The summed E-state index contributed by atoms with van der Waals surface area (Å²) in [6.07, 6.45) is 4.69. The number of hydrogen-bond donors (Lipinski definition) is 0. The molecule has 5 rings (SSSR count). The van der Waals surface area contributed by atoms with E-state index in [0.717, 1.165) is 28.8 Å². The molecular weight excluding hydrogens is 534 g/mol. The van der Waals surface area contributed by atoms with Gasteiger partial charge in [-0.3, -0.25) is 9.69 Å². The topological polar surface area (TPSA) is 47.4 Å². The van der Waals surface area contributed by atoms with Gasteiger partial charge in [0.2, 0.25) is 0 Å². The molecule has 0 spiro atoms. The lowest BCUT2D eigenvalue weighted by atomic mass is 10.1. The molecule has 0 aliphatic carbocycles. The highest BCUT2D eigenvalue weighted by atomic mass is 35.5. The average Bonchev–Trinajstić information content (AvgIpc) is 3.48. The van der Waals surface area contributed by atoms with Crippen LogP contribution in [0.5, 0.6) is 5.75 Å². The third-order valence-corrected chi connectivity index (χ3v) is 7.84. The van der Waals surface area contributed by atoms with E-state index in [1.165, 1.54) is 11.8 Å². The first-order valence-corrected chi connectivity index (χ1v) is 14.0. The van der Waals surface area contributed by atoms with E-state index in [2.05, 4.69) is 0 Å². The van der Waals surface area contributed by atoms with E-state index in [-0.39, 0.29) is 11.9 Å². The lowest BCUT2D eigenvalue weighted by molar-refractivity contribution is -0.123. The first-order chi connectivity index (χ1) is 18.5. The van der Waals surface area contributed by atoms with Gasteiger partial charge in [-0.05, 0) is 55.3 Å². The molecule has 1 fully saturated rings. The Morgan fingerprint density at radius 3 is 2.47 bits per heavy atom. The van der Waals surface area contributed by atoms with Gasteiger partial charge in [0.15, 0.2) is 0 Å². The minimum absolute atomic E-state index is 0.115. The largest absolute Gasteiger partial charge is 0.492 e. The zero-order valence-corrected chi connectivity index (χ0v) is 23.4. The summed E-state index contributed by atoms with van der Waals surface area (Å²) < 4.78 is 8.09. The lowest BCUT2D eigenvalue weighted by Gasteiger charge is -2.23. The molecule has 1 aliphatic heterocycles. The van der Waals surface area contributed by atoms with Gasteiger partial charge in [-0.15, -0.1) is 0 Å². The van der Waals surface area contributed by atoms with Gasteiger partial charge in [0, 0.05) is 17.3 Å². The summed E-state index contributed by atoms with van der Waals surface area (Å²) in [5, 5.41) is 5.39. The van der Waals surface area contributed by atoms with Crippen LogP contribution in [0.1, 0.15) is 37.4 Å². The highest BCUT2D eigenvalue weighted by molar-refractivity contribution is 8.26. The molecule has 4 aromatic rings. The maximum atomic E-state index is 13.5. The maximum absolute atomic E-state index is 13.5. The summed E-state index contributed by atoms with van der Waals surface area (Å²) in [6, 6.07) is 25.2. The molecule has 2 heterocycles. The Bertz CT molecular complexity index is 1500. The molecule has 0 unspecified atom stereocenters. The van der Waals surface area contributed by atoms with Gasteiger partial charge in [-0.1, -0.05) is 91.0 Å². The zero-order chi connectivity index (χ0) is 26.6. The van der Waals surface area contributed by atoms with Gasteiger partial charge in [-0.2, -0.15) is 5.10 Å². The van der Waals surface area contributed by atoms with Crippen LogP contribution in [-0.2, 0) is 4.79 Å². The third-order valence-electron chi connectivity index (χ3n) is 6.21. The van der Waals surface area contributed by atoms with E-state index < -0.39 is 0 Å². The number of carbonyl (C=O) groups is 1. The summed E-state index contributed by atoms with van der Waals surface area (Å²) in [5.41, 5.74) is 4.27. The molecule has 192 valence electrons. The van der Waals surface area contributed by atoms with E-state index in [1.54, 1.807) is 4.90 Å². The van der Waals surface area contributed by atoms with E-state index in [4.69, 9.17) is 33.7 Å². The normalized spacial score (nSPS) is 15.3. The molecule has 38 heavy (non-hydrogen) atoms. The Labute approximate surface area is 237 Å². The van der Waals surface area contributed by atoms with E-state index in [9.17, 15) is 4.79 Å². The molecule has 0 saturated carbocycles. The second-order valence-electron chi connectivity index (χ2n) is 8.85. The molecule has 5 nitrogen and oxygen atoms in total. The van der Waals surface area contributed by atoms with Crippen LogP contribution < -0.4 is 4.74 Å². The number of thioether (sulfide) groups is 1. The Hall–Kier alpha value is -3.39. The van der Waals surface area contributed by atoms with E-state index in [0.29, 0.717) is 32.3 Å². The number of nitrogens with zero attached hydrogens (tertiary/aromatic N) is 3. The molecule has 3 aromatic carbocycles. The summed E-state index contributed by atoms with van der Waals surface area (Å²) >= 11 is 13.5. The third kappa shape index (κ3) is 5.41. The molecule has 0 bridgehead atoms. The fraction of sp³-hybridized carbons (Fsp3) is 0.167. The van der Waals surface area contributed by atoms with Crippen LogP contribution in [0.4, 0.5) is 0 Å². The van der Waals surface area contributed by atoms with E-state index >= 15 is 0 Å². The average molecular weight is 560 g/mol. The first-order valence-electron chi connectivity index (χ1n) is 12.4. The van der Waals surface area contributed by atoms with Crippen molar-refractivity contribution in [2.75, 3.05) is 6.61 Å². The summed E-state index contributed by atoms with van der Waals surface area (Å²) in [5.74, 6) is 0.521. The number of aromatic nitrogens is 2. The quantitative estimate of drug-likeness (QED) is 0.162. The Morgan fingerprint density at radius 1 is 1.08 bits per heavy atom. The van der Waals surface area contributed by atoms with Gasteiger partial charge >= 0.3 is 0 Å². The molecule has 1 amide bonds. The second kappa shape index (κ2) is 11.6. The number of halogens is 1. The Kier molecular flexibility index (Phi) is 7.98. The molecule has 1 aromatic heterocycles. The SMILES string of the molecule is CCCOc1ccc(-c2nn(-c3ccccc3)cc2/C=C2\SC(=S)N([C@H](C)c3ccccc3)C2=O)cc1Cl. The van der Waals surface area contributed by atoms with Crippen LogP contribution in [0, 0.1) is 0 Å². The maximum Gasteiger partial charge on any atom is 0.266 e. The molecule has 1 saturated heterocycles. The van der Waals surface area contributed by atoms with Gasteiger partial charge < -0.3 is 4.74 Å². The molecule has 8 heteroatoms. The molecule has 1 atom stereocenters. The highest BCUT2D eigenvalue weighted by Gasteiger charge is 2.36. The number of rotatable bonds is 8. The number of para-hydroxylation sites is 1. The second-order valence-corrected chi connectivity index (χ2v) is 10.9. The fourth-order valence-electron chi connectivity index (χ4n) is 4.24. The van der Waals surface area contributed by atoms with Gasteiger partial charge in [0.25, 0.3) is 5.91 Å². The van der Waals surface area contributed by atoms with Crippen molar-refractivity contribution in [1.82, 2.24) is 14.7 Å². The Morgan fingerprint density at radius 2 is 1.79 bits per heavy atom. The number of carbonyl (C=O) groups excluding carboxylic acids is 1.